The molecule has 26 heavy (non-hydrogen) atoms. The van der Waals surface area contributed by atoms with Crippen molar-refractivity contribution in [3.8, 4) is 0 Å². The first-order valence-corrected chi connectivity index (χ1v) is 10.5. The summed E-state index contributed by atoms with van der Waals surface area (Å²) in [6.07, 6.45) is 0.911. The molecule has 0 aliphatic carbocycles. The fourth-order valence-electron chi connectivity index (χ4n) is 2.98. The lowest BCUT2D eigenvalue weighted by Crippen LogP contribution is -2.56. The highest BCUT2D eigenvalue weighted by Gasteiger charge is 2.31. The van der Waals surface area contributed by atoms with Crippen LogP contribution in [-0.4, -0.2) is 47.4 Å². The van der Waals surface area contributed by atoms with Gasteiger partial charge in [-0.05, 0) is 25.3 Å². The van der Waals surface area contributed by atoms with Crippen LogP contribution in [0.2, 0.25) is 0 Å². The van der Waals surface area contributed by atoms with Crippen LogP contribution in [0.5, 0.6) is 0 Å². The third kappa shape index (κ3) is 4.90. The number of hydrogen-bond acceptors (Lipinski definition) is 6. The number of thiazole rings is 1. The molecule has 3 rings (SSSR count). The van der Waals surface area contributed by atoms with Crippen molar-refractivity contribution < 1.29 is 9.59 Å². The number of hydrogen-bond donors (Lipinski definition) is 2. The molecule has 2 N–H and O–H groups in total. The van der Waals surface area contributed by atoms with Crippen molar-refractivity contribution in [1.82, 2.24) is 20.5 Å². The van der Waals surface area contributed by atoms with E-state index in [0.717, 1.165) is 23.7 Å². The number of rotatable bonds is 7. The van der Waals surface area contributed by atoms with E-state index in [1.807, 2.05) is 18.4 Å². The lowest BCUT2D eigenvalue weighted by Gasteiger charge is -2.34. The van der Waals surface area contributed by atoms with Crippen LogP contribution in [-0.2, 0) is 22.6 Å². The fourth-order valence-corrected chi connectivity index (χ4v) is 4.64. The molecule has 0 aromatic carbocycles. The van der Waals surface area contributed by atoms with Gasteiger partial charge < -0.3 is 10.6 Å². The SMILES string of the molecule is Cc1nc(CCNC(=O)CC2C(=O)NCCN2Cc2cccs2)sc1C. The van der Waals surface area contributed by atoms with E-state index in [2.05, 4.69) is 33.5 Å². The molecular weight excluding hydrogens is 368 g/mol. The summed E-state index contributed by atoms with van der Waals surface area (Å²) in [6, 6.07) is 3.66. The first-order valence-electron chi connectivity index (χ1n) is 8.76. The van der Waals surface area contributed by atoms with E-state index in [-0.39, 0.29) is 18.2 Å². The molecule has 140 valence electrons. The second kappa shape index (κ2) is 8.75. The van der Waals surface area contributed by atoms with Crippen LogP contribution in [0, 0.1) is 13.8 Å². The summed E-state index contributed by atoms with van der Waals surface area (Å²) >= 11 is 3.34. The number of aryl methyl sites for hydroxylation is 2. The maximum absolute atomic E-state index is 12.3. The van der Waals surface area contributed by atoms with Gasteiger partial charge in [-0.15, -0.1) is 22.7 Å². The maximum atomic E-state index is 12.3. The van der Waals surface area contributed by atoms with E-state index >= 15 is 0 Å². The third-order valence-corrected chi connectivity index (χ3v) is 6.49. The maximum Gasteiger partial charge on any atom is 0.237 e. The zero-order valence-electron chi connectivity index (χ0n) is 15.1. The van der Waals surface area contributed by atoms with E-state index in [9.17, 15) is 9.59 Å². The predicted octanol–water partition coefficient (Wildman–Crippen LogP) is 1.87. The van der Waals surface area contributed by atoms with E-state index in [1.54, 1.807) is 22.7 Å². The minimum absolute atomic E-state index is 0.0610. The van der Waals surface area contributed by atoms with E-state index in [1.165, 1.54) is 9.75 Å². The van der Waals surface area contributed by atoms with Gasteiger partial charge in [0, 0.05) is 42.4 Å². The van der Waals surface area contributed by atoms with Crippen molar-refractivity contribution in [2.45, 2.75) is 39.3 Å². The first kappa shape index (κ1) is 19.0. The molecule has 1 atom stereocenters. The summed E-state index contributed by atoms with van der Waals surface area (Å²) < 4.78 is 0. The highest BCUT2D eigenvalue weighted by Crippen LogP contribution is 2.18. The van der Waals surface area contributed by atoms with E-state index < -0.39 is 6.04 Å². The number of piperazine rings is 1. The molecule has 1 aliphatic heterocycles. The van der Waals surface area contributed by atoms with Crippen LogP contribution < -0.4 is 10.6 Å². The molecule has 1 aliphatic rings. The number of nitrogens with one attached hydrogen (secondary N) is 2. The van der Waals surface area contributed by atoms with E-state index in [0.29, 0.717) is 19.6 Å². The van der Waals surface area contributed by atoms with Gasteiger partial charge in [-0.2, -0.15) is 0 Å². The molecule has 0 bridgehead atoms. The Balaban J connectivity index is 1.51. The number of aromatic nitrogens is 1. The van der Waals surface area contributed by atoms with Crippen molar-refractivity contribution in [1.29, 1.82) is 0 Å². The monoisotopic (exact) mass is 392 g/mol. The highest BCUT2D eigenvalue weighted by molar-refractivity contribution is 7.11. The van der Waals surface area contributed by atoms with Crippen molar-refractivity contribution in [2.75, 3.05) is 19.6 Å². The topological polar surface area (TPSA) is 74.3 Å². The van der Waals surface area contributed by atoms with Crippen LogP contribution in [0.1, 0.15) is 26.9 Å². The van der Waals surface area contributed by atoms with Gasteiger partial charge in [-0.3, -0.25) is 14.5 Å². The van der Waals surface area contributed by atoms with Crippen molar-refractivity contribution in [2.24, 2.45) is 0 Å². The molecule has 6 nitrogen and oxygen atoms in total. The normalized spacial score (nSPS) is 17.9. The zero-order valence-corrected chi connectivity index (χ0v) is 16.7. The lowest BCUT2D eigenvalue weighted by molar-refractivity contribution is -0.134. The molecule has 2 amide bonds. The first-order chi connectivity index (χ1) is 12.5. The van der Waals surface area contributed by atoms with Crippen molar-refractivity contribution in [3.63, 3.8) is 0 Å². The minimum Gasteiger partial charge on any atom is -0.356 e. The molecule has 0 radical (unpaired) electrons. The zero-order chi connectivity index (χ0) is 18.5. The Kier molecular flexibility index (Phi) is 6.39. The highest BCUT2D eigenvalue weighted by atomic mass is 32.1. The van der Waals surface area contributed by atoms with Crippen LogP contribution in [0.25, 0.3) is 0 Å². The lowest BCUT2D eigenvalue weighted by atomic mass is 10.1. The average molecular weight is 393 g/mol. The van der Waals surface area contributed by atoms with Crippen LogP contribution in [0.15, 0.2) is 17.5 Å². The van der Waals surface area contributed by atoms with Gasteiger partial charge in [-0.1, -0.05) is 6.07 Å². The Bertz CT molecular complexity index is 738. The quantitative estimate of drug-likeness (QED) is 0.754. The molecule has 1 saturated heterocycles. The number of carbonyl (C=O) groups is 2. The molecule has 3 heterocycles. The number of carbonyl (C=O) groups excluding carboxylic acids is 2. The Labute approximate surface area is 161 Å². The molecule has 0 spiro atoms. The summed E-state index contributed by atoms with van der Waals surface area (Å²) in [4.78, 5) is 33.6. The summed E-state index contributed by atoms with van der Waals surface area (Å²) in [7, 11) is 0. The molecule has 0 saturated carbocycles. The second-order valence-corrected chi connectivity index (χ2v) is 8.73. The predicted molar refractivity (Wildman–Crippen MR) is 104 cm³/mol. The minimum atomic E-state index is -0.407. The van der Waals surface area contributed by atoms with Crippen molar-refractivity contribution >= 4 is 34.5 Å². The second-order valence-electron chi connectivity index (χ2n) is 6.41. The summed E-state index contributed by atoms with van der Waals surface area (Å²) in [6.45, 7) is 6.70. The molecule has 2 aromatic rings. The number of thiophene rings is 1. The summed E-state index contributed by atoms with van der Waals surface area (Å²) in [5.74, 6) is -0.151. The van der Waals surface area contributed by atoms with Crippen LogP contribution in [0.4, 0.5) is 0 Å². The Hall–Kier alpha value is -1.77. The Morgan fingerprint density at radius 3 is 3.00 bits per heavy atom. The smallest absolute Gasteiger partial charge is 0.237 e. The van der Waals surface area contributed by atoms with Gasteiger partial charge in [0.15, 0.2) is 0 Å². The van der Waals surface area contributed by atoms with Gasteiger partial charge >= 0.3 is 0 Å². The van der Waals surface area contributed by atoms with Gasteiger partial charge in [0.05, 0.1) is 23.2 Å². The molecular formula is C18H24N4O2S2. The van der Waals surface area contributed by atoms with E-state index in [4.69, 9.17) is 0 Å². The average Bonchev–Trinajstić information content (AvgIpc) is 3.21. The van der Waals surface area contributed by atoms with Crippen LogP contribution in [0.3, 0.4) is 0 Å². The largest absolute Gasteiger partial charge is 0.356 e. The Morgan fingerprint density at radius 1 is 1.46 bits per heavy atom. The fraction of sp³-hybridized carbons (Fsp3) is 0.500. The van der Waals surface area contributed by atoms with Gasteiger partial charge in [0.1, 0.15) is 0 Å². The molecule has 2 aromatic heterocycles. The van der Waals surface area contributed by atoms with Crippen molar-refractivity contribution in [3.05, 3.63) is 38.0 Å². The number of nitrogens with zero attached hydrogens (tertiary/aromatic N) is 2. The van der Waals surface area contributed by atoms with Gasteiger partial charge in [0.2, 0.25) is 11.8 Å². The van der Waals surface area contributed by atoms with Crippen LogP contribution >= 0.6 is 22.7 Å². The van der Waals surface area contributed by atoms with Gasteiger partial charge in [-0.25, -0.2) is 4.98 Å². The molecule has 8 heteroatoms. The molecule has 1 unspecified atom stereocenters. The standard InChI is InChI=1S/C18H24N4O2S2/c1-12-13(2)26-17(21-12)5-6-19-16(23)10-15-18(24)20-7-8-22(15)11-14-4-3-9-25-14/h3-4,9,15H,5-8,10-11H2,1-2H3,(H,19,23)(H,20,24). The summed E-state index contributed by atoms with van der Waals surface area (Å²) in [5.41, 5.74) is 1.06. The molecule has 1 fully saturated rings. The number of amides is 2. The summed E-state index contributed by atoms with van der Waals surface area (Å²) in [5, 5.41) is 8.87. The van der Waals surface area contributed by atoms with Gasteiger partial charge in [0.25, 0.3) is 0 Å². The third-order valence-electron chi connectivity index (χ3n) is 4.49. The Morgan fingerprint density at radius 2 is 2.31 bits per heavy atom.